The first kappa shape index (κ1) is 23.1. The van der Waals surface area contributed by atoms with Gasteiger partial charge < -0.3 is 24.1 Å². The number of hydrogen-bond donors (Lipinski definition) is 1. The standard InChI is InChI=1S/C28H26O6S/c1-16(2)32-19-10-11-21-20(14-19)25(23-12-9-17(3)35-23)26(28(29)30)27(34-21)22-15-31-24(33-22)13-18-7-5-4-6-8-18/h4-12,14-16,24,27H,13H2,1-3H3,(H,29,30). The van der Waals surface area contributed by atoms with Crippen molar-refractivity contribution in [2.75, 3.05) is 0 Å². The van der Waals surface area contributed by atoms with Crippen LogP contribution in [0.15, 0.2) is 78.3 Å². The molecule has 0 amide bonds. The van der Waals surface area contributed by atoms with Crippen molar-refractivity contribution in [2.45, 2.75) is 45.7 Å². The summed E-state index contributed by atoms with van der Waals surface area (Å²) >= 11 is 1.54. The lowest BCUT2D eigenvalue weighted by atomic mass is 9.90. The largest absolute Gasteiger partial charge is 0.491 e. The maximum atomic E-state index is 12.7. The van der Waals surface area contributed by atoms with Crippen molar-refractivity contribution < 1.29 is 28.8 Å². The van der Waals surface area contributed by atoms with Crippen LogP contribution in [0.25, 0.3) is 5.57 Å². The Labute approximate surface area is 208 Å². The fourth-order valence-electron chi connectivity index (χ4n) is 4.24. The third-order valence-corrected chi connectivity index (χ3v) is 6.71. The van der Waals surface area contributed by atoms with E-state index < -0.39 is 18.4 Å². The minimum Gasteiger partial charge on any atom is -0.491 e. The van der Waals surface area contributed by atoms with Crippen LogP contribution in [0.4, 0.5) is 0 Å². The first-order valence-electron chi connectivity index (χ1n) is 11.5. The SMILES string of the molecule is Cc1ccc(C2=C(C(=O)O)C(C3=COC(Cc4ccccc4)O3)Oc3ccc(OC(C)C)cc32)s1. The highest BCUT2D eigenvalue weighted by atomic mass is 32.1. The molecule has 2 aliphatic heterocycles. The zero-order chi connectivity index (χ0) is 24.5. The van der Waals surface area contributed by atoms with E-state index in [9.17, 15) is 9.90 Å². The summed E-state index contributed by atoms with van der Waals surface area (Å²) < 4.78 is 23.9. The summed E-state index contributed by atoms with van der Waals surface area (Å²) in [7, 11) is 0. The fraction of sp³-hybridized carbons (Fsp3) is 0.250. The van der Waals surface area contributed by atoms with Crippen molar-refractivity contribution in [1.82, 2.24) is 0 Å². The third-order valence-electron chi connectivity index (χ3n) is 5.69. The van der Waals surface area contributed by atoms with Gasteiger partial charge in [0.2, 0.25) is 6.29 Å². The van der Waals surface area contributed by atoms with E-state index in [0.717, 1.165) is 15.3 Å². The molecule has 2 aliphatic rings. The number of carboxylic acid groups (broad SMARTS) is 1. The molecule has 0 radical (unpaired) electrons. The molecule has 3 aromatic rings. The molecule has 0 spiro atoms. The Bertz CT molecular complexity index is 1300. The van der Waals surface area contributed by atoms with Crippen molar-refractivity contribution >= 4 is 22.9 Å². The van der Waals surface area contributed by atoms with Gasteiger partial charge >= 0.3 is 5.97 Å². The Morgan fingerprint density at radius 3 is 2.57 bits per heavy atom. The van der Waals surface area contributed by atoms with E-state index in [1.807, 2.05) is 81.4 Å². The van der Waals surface area contributed by atoms with Crippen LogP contribution in [0.1, 0.15) is 34.7 Å². The number of ether oxygens (including phenoxy) is 4. The van der Waals surface area contributed by atoms with Gasteiger partial charge in [-0.15, -0.1) is 11.3 Å². The molecule has 0 saturated heterocycles. The average molecular weight is 491 g/mol. The molecule has 2 unspecified atom stereocenters. The number of hydrogen-bond acceptors (Lipinski definition) is 6. The van der Waals surface area contributed by atoms with E-state index in [0.29, 0.717) is 34.8 Å². The number of thiophene rings is 1. The van der Waals surface area contributed by atoms with Crippen molar-refractivity contribution in [1.29, 1.82) is 0 Å². The Hall–Kier alpha value is -3.71. The second-order valence-corrected chi connectivity index (χ2v) is 10.0. The molecule has 180 valence electrons. The smallest absolute Gasteiger partial charge is 0.336 e. The first-order chi connectivity index (χ1) is 16.9. The van der Waals surface area contributed by atoms with Crippen LogP contribution in [0.2, 0.25) is 0 Å². The van der Waals surface area contributed by atoms with E-state index >= 15 is 0 Å². The van der Waals surface area contributed by atoms with Gasteiger partial charge in [0.1, 0.15) is 17.8 Å². The van der Waals surface area contributed by atoms with Crippen LogP contribution in [-0.2, 0) is 20.7 Å². The molecule has 5 rings (SSSR count). The van der Waals surface area contributed by atoms with Gasteiger partial charge in [-0.2, -0.15) is 0 Å². The molecule has 0 fully saturated rings. The zero-order valence-electron chi connectivity index (χ0n) is 19.7. The second-order valence-electron chi connectivity index (χ2n) is 8.72. The van der Waals surface area contributed by atoms with Gasteiger partial charge in [0.05, 0.1) is 11.7 Å². The van der Waals surface area contributed by atoms with E-state index in [1.165, 1.54) is 17.6 Å². The normalized spacial score (nSPS) is 18.9. The van der Waals surface area contributed by atoms with Gasteiger partial charge in [0, 0.05) is 27.3 Å². The summed E-state index contributed by atoms with van der Waals surface area (Å²) in [5.74, 6) is 0.474. The Morgan fingerprint density at radius 1 is 1.09 bits per heavy atom. The lowest BCUT2D eigenvalue weighted by Gasteiger charge is -2.29. The highest BCUT2D eigenvalue weighted by molar-refractivity contribution is 7.13. The number of carbonyl (C=O) groups is 1. The highest BCUT2D eigenvalue weighted by Crippen LogP contribution is 2.45. The molecule has 0 bridgehead atoms. The average Bonchev–Trinajstić information content (AvgIpc) is 3.47. The molecule has 0 saturated carbocycles. The van der Waals surface area contributed by atoms with Crippen LogP contribution in [0.5, 0.6) is 11.5 Å². The molecule has 3 heterocycles. The Kier molecular flexibility index (Phi) is 6.26. The quantitative estimate of drug-likeness (QED) is 0.441. The molecule has 1 N–H and O–H groups in total. The van der Waals surface area contributed by atoms with Gasteiger partial charge in [0.25, 0.3) is 0 Å². The predicted octanol–water partition coefficient (Wildman–Crippen LogP) is 5.95. The minimum absolute atomic E-state index is 0.0172. The highest BCUT2D eigenvalue weighted by Gasteiger charge is 2.40. The van der Waals surface area contributed by atoms with E-state index in [1.54, 1.807) is 0 Å². The molecule has 1 aromatic heterocycles. The molecular weight excluding hydrogens is 464 g/mol. The minimum atomic E-state index is -1.08. The third kappa shape index (κ3) is 4.77. The summed E-state index contributed by atoms with van der Waals surface area (Å²) in [4.78, 5) is 14.6. The Balaban J connectivity index is 1.54. The maximum absolute atomic E-state index is 12.7. The van der Waals surface area contributed by atoms with Crippen molar-refractivity contribution in [2.24, 2.45) is 0 Å². The van der Waals surface area contributed by atoms with Gasteiger partial charge in [-0.3, -0.25) is 0 Å². The molecule has 2 atom stereocenters. The molecule has 35 heavy (non-hydrogen) atoms. The molecule has 2 aromatic carbocycles. The van der Waals surface area contributed by atoms with Gasteiger partial charge in [-0.05, 0) is 56.7 Å². The Morgan fingerprint density at radius 2 is 1.89 bits per heavy atom. The van der Waals surface area contributed by atoms with Crippen molar-refractivity contribution in [3.05, 3.63) is 99.1 Å². The lowest BCUT2D eigenvalue weighted by molar-refractivity contribution is -0.133. The van der Waals surface area contributed by atoms with Crippen LogP contribution < -0.4 is 9.47 Å². The molecular formula is C28H26O6S. The fourth-order valence-corrected chi connectivity index (χ4v) is 5.18. The molecule has 7 heteroatoms. The van der Waals surface area contributed by atoms with E-state index in [2.05, 4.69) is 0 Å². The van der Waals surface area contributed by atoms with Gasteiger partial charge in [-0.25, -0.2) is 4.79 Å². The number of benzene rings is 2. The topological polar surface area (TPSA) is 74.2 Å². The zero-order valence-corrected chi connectivity index (χ0v) is 20.5. The van der Waals surface area contributed by atoms with Crippen LogP contribution in [0, 0.1) is 6.92 Å². The van der Waals surface area contributed by atoms with E-state index in [4.69, 9.17) is 18.9 Å². The lowest BCUT2D eigenvalue weighted by Crippen LogP contribution is -2.32. The summed E-state index contributed by atoms with van der Waals surface area (Å²) in [5, 5.41) is 10.4. The van der Waals surface area contributed by atoms with Crippen molar-refractivity contribution in [3.8, 4) is 11.5 Å². The number of aryl methyl sites for hydroxylation is 1. The second kappa shape index (κ2) is 9.50. The number of fused-ring (bicyclic) bond motifs is 1. The predicted molar refractivity (Wildman–Crippen MR) is 134 cm³/mol. The number of rotatable bonds is 7. The summed E-state index contributed by atoms with van der Waals surface area (Å²) in [6.45, 7) is 5.89. The van der Waals surface area contributed by atoms with E-state index in [-0.39, 0.29) is 11.7 Å². The van der Waals surface area contributed by atoms with Gasteiger partial charge in [-0.1, -0.05) is 30.3 Å². The van der Waals surface area contributed by atoms with Crippen LogP contribution in [0.3, 0.4) is 0 Å². The summed E-state index contributed by atoms with van der Waals surface area (Å²) in [5.41, 5.74) is 2.45. The maximum Gasteiger partial charge on any atom is 0.336 e. The first-order valence-corrected chi connectivity index (χ1v) is 12.3. The van der Waals surface area contributed by atoms with Crippen molar-refractivity contribution in [3.63, 3.8) is 0 Å². The number of aliphatic carboxylic acids is 1. The van der Waals surface area contributed by atoms with Crippen LogP contribution in [-0.4, -0.2) is 29.6 Å². The molecule has 6 nitrogen and oxygen atoms in total. The van der Waals surface area contributed by atoms with Gasteiger partial charge in [0.15, 0.2) is 11.9 Å². The van der Waals surface area contributed by atoms with Crippen LogP contribution >= 0.6 is 11.3 Å². The summed E-state index contributed by atoms with van der Waals surface area (Å²) in [6, 6.07) is 19.3. The summed E-state index contributed by atoms with van der Waals surface area (Å²) in [6.07, 6.45) is 0.483. The molecule has 0 aliphatic carbocycles. The monoisotopic (exact) mass is 490 g/mol. The number of carboxylic acids is 1.